The number of imide groups is 1. The van der Waals surface area contributed by atoms with Gasteiger partial charge < -0.3 is 15.8 Å². The Morgan fingerprint density at radius 2 is 1.86 bits per heavy atom. The Kier molecular flexibility index (Phi) is 3.59. The van der Waals surface area contributed by atoms with Gasteiger partial charge in [-0.2, -0.15) is 0 Å². The lowest BCUT2D eigenvalue weighted by Gasteiger charge is -2.21. The van der Waals surface area contributed by atoms with Crippen LogP contribution in [0.4, 0.5) is 5.95 Å². The first-order valence-corrected chi connectivity index (χ1v) is 7.00. The molecule has 22 heavy (non-hydrogen) atoms. The summed E-state index contributed by atoms with van der Waals surface area (Å²) < 4.78 is 0. The molecular weight excluding hydrogens is 308 g/mol. The predicted molar refractivity (Wildman–Crippen MR) is 79.4 cm³/mol. The number of nitrogens with zero attached hydrogens (tertiary/aromatic N) is 2. The molecule has 0 fully saturated rings. The maximum Gasteiger partial charge on any atom is 0.261 e. The van der Waals surface area contributed by atoms with Gasteiger partial charge in [0, 0.05) is 6.54 Å². The number of carbonyl (C=O) groups is 2. The average Bonchev–Trinajstić information content (AvgIpc) is 3.05. The van der Waals surface area contributed by atoms with E-state index in [1.807, 2.05) is 0 Å². The van der Waals surface area contributed by atoms with E-state index in [4.69, 9.17) is 17.3 Å². The van der Waals surface area contributed by atoms with Gasteiger partial charge in [0.15, 0.2) is 5.95 Å². The minimum absolute atomic E-state index is 0.117. The van der Waals surface area contributed by atoms with Gasteiger partial charge in [0.2, 0.25) is 0 Å². The van der Waals surface area contributed by atoms with Gasteiger partial charge in [-0.15, -0.1) is 11.6 Å². The average molecular weight is 321 g/mol. The van der Waals surface area contributed by atoms with E-state index < -0.39 is 23.3 Å². The van der Waals surface area contributed by atoms with Crippen molar-refractivity contribution in [3.63, 3.8) is 0 Å². The highest BCUT2D eigenvalue weighted by atomic mass is 35.5. The van der Waals surface area contributed by atoms with Crippen molar-refractivity contribution in [2.24, 2.45) is 0 Å². The number of aliphatic hydroxyl groups is 1. The number of fused-ring (bicyclic) bond motifs is 1. The fourth-order valence-electron chi connectivity index (χ4n) is 2.38. The van der Waals surface area contributed by atoms with Gasteiger partial charge in [0.05, 0.1) is 28.4 Å². The lowest BCUT2D eigenvalue weighted by Crippen LogP contribution is -2.37. The van der Waals surface area contributed by atoms with E-state index >= 15 is 0 Å². The first-order valence-electron chi connectivity index (χ1n) is 6.56. The number of carbonyl (C=O) groups excluding carboxylic acids is 2. The minimum Gasteiger partial charge on any atom is -0.385 e. The second-order valence-corrected chi connectivity index (χ2v) is 5.51. The number of aromatic nitrogens is 2. The number of alkyl halides is 1. The number of anilines is 1. The standard InChI is InChI=1S/C14H13ClN4O3/c15-9(11(20)10-5-17-14(16)18-10)6-19-12(21)7-3-1-2-4-8(7)13(19)22/h1-5,9,11,20H,6H2,(H3,16,17,18). The molecule has 1 aliphatic rings. The highest BCUT2D eigenvalue weighted by Crippen LogP contribution is 2.26. The van der Waals surface area contributed by atoms with Gasteiger partial charge in [0.25, 0.3) is 11.8 Å². The van der Waals surface area contributed by atoms with Crippen LogP contribution in [0.1, 0.15) is 32.5 Å². The summed E-state index contributed by atoms with van der Waals surface area (Å²) in [5.74, 6) is -0.677. The third kappa shape index (κ3) is 2.34. The summed E-state index contributed by atoms with van der Waals surface area (Å²) in [6.45, 7) is -0.117. The monoisotopic (exact) mass is 320 g/mol. The number of nitrogen functional groups attached to an aromatic ring is 1. The number of aliphatic hydroxyl groups excluding tert-OH is 1. The van der Waals surface area contributed by atoms with Crippen LogP contribution in [0.3, 0.4) is 0 Å². The van der Waals surface area contributed by atoms with E-state index in [1.54, 1.807) is 24.3 Å². The fourth-order valence-corrected chi connectivity index (χ4v) is 2.65. The van der Waals surface area contributed by atoms with Crippen molar-refractivity contribution >= 4 is 29.4 Å². The van der Waals surface area contributed by atoms with Crippen molar-refractivity contribution in [1.29, 1.82) is 0 Å². The van der Waals surface area contributed by atoms with Crippen LogP contribution in [0.25, 0.3) is 0 Å². The number of benzene rings is 1. The molecule has 2 heterocycles. The SMILES string of the molecule is Nc1ncc(C(O)C(Cl)CN2C(=O)c3ccccc3C2=O)[nH]1. The van der Waals surface area contributed by atoms with Crippen molar-refractivity contribution in [2.75, 3.05) is 12.3 Å². The molecule has 0 bridgehead atoms. The largest absolute Gasteiger partial charge is 0.385 e. The van der Waals surface area contributed by atoms with Crippen LogP contribution in [-0.2, 0) is 0 Å². The third-order valence-corrected chi connectivity index (χ3v) is 3.89. The van der Waals surface area contributed by atoms with Crippen molar-refractivity contribution in [1.82, 2.24) is 14.9 Å². The maximum absolute atomic E-state index is 12.2. The summed E-state index contributed by atoms with van der Waals surface area (Å²) in [6.07, 6.45) is 0.230. The van der Waals surface area contributed by atoms with Gasteiger partial charge in [0.1, 0.15) is 6.10 Å². The number of hydrogen-bond donors (Lipinski definition) is 3. The van der Waals surface area contributed by atoms with Crippen molar-refractivity contribution in [3.05, 3.63) is 47.3 Å². The zero-order valence-corrected chi connectivity index (χ0v) is 12.1. The number of aromatic amines is 1. The second-order valence-electron chi connectivity index (χ2n) is 4.95. The molecule has 4 N–H and O–H groups in total. The van der Waals surface area contributed by atoms with Gasteiger partial charge in [-0.3, -0.25) is 14.5 Å². The Labute approximate surface area is 130 Å². The predicted octanol–water partition coefficient (Wildman–Crippen LogP) is 0.929. The Hall–Kier alpha value is -2.38. The quantitative estimate of drug-likeness (QED) is 0.573. The number of amides is 2. The van der Waals surface area contributed by atoms with Crippen LogP contribution in [0.5, 0.6) is 0 Å². The normalized spacial score (nSPS) is 16.7. The second kappa shape index (κ2) is 5.43. The highest BCUT2D eigenvalue weighted by Gasteiger charge is 2.37. The maximum atomic E-state index is 12.2. The molecule has 114 valence electrons. The molecule has 1 aromatic carbocycles. The molecule has 0 aliphatic carbocycles. The van der Waals surface area contributed by atoms with E-state index in [2.05, 4.69) is 9.97 Å². The van der Waals surface area contributed by atoms with Crippen LogP contribution in [0.15, 0.2) is 30.5 Å². The van der Waals surface area contributed by atoms with Crippen molar-refractivity contribution in [3.8, 4) is 0 Å². The summed E-state index contributed by atoms with van der Waals surface area (Å²) >= 11 is 6.14. The molecule has 2 unspecified atom stereocenters. The number of halogens is 1. The van der Waals surface area contributed by atoms with Gasteiger partial charge in [-0.1, -0.05) is 12.1 Å². The Balaban J connectivity index is 1.77. The lowest BCUT2D eigenvalue weighted by atomic mass is 10.1. The molecular formula is C14H13ClN4O3. The summed E-state index contributed by atoms with van der Waals surface area (Å²) in [7, 11) is 0. The summed E-state index contributed by atoms with van der Waals surface area (Å²) in [6, 6.07) is 6.55. The highest BCUT2D eigenvalue weighted by molar-refractivity contribution is 6.24. The van der Waals surface area contributed by atoms with E-state index in [0.717, 1.165) is 4.90 Å². The number of nitrogens with two attached hydrogens (primary N) is 1. The Morgan fingerprint density at radius 1 is 1.27 bits per heavy atom. The van der Waals surface area contributed by atoms with Crippen LogP contribution in [0, 0.1) is 0 Å². The number of hydrogen-bond acceptors (Lipinski definition) is 5. The van der Waals surface area contributed by atoms with Gasteiger partial charge >= 0.3 is 0 Å². The third-order valence-electron chi connectivity index (χ3n) is 3.51. The Morgan fingerprint density at radius 3 is 2.36 bits per heavy atom. The van der Waals surface area contributed by atoms with Crippen LogP contribution >= 0.6 is 11.6 Å². The molecule has 3 rings (SSSR count). The zero-order chi connectivity index (χ0) is 15.9. The minimum atomic E-state index is -1.13. The molecule has 2 amide bonds. The molecule has 7 nitrogen and oxygen atoms in total. The zero-order valence-electron chi connectivity index (χ0n) is 11.4. The van der Waals surface area contributed by atoms with Gasteiger partial charge in [-0.25, -0.2) is 4.98 Å². The first kappa shape index (κ1) is 14.6. The van der Waals surface area contributed by atoms with Crippen LogP contribution in [-0.4, -0.2) is 43.7 Å². The summed E-state index contributed by atoms with van der Waals surface area (Å²) in [5.41, 5.74) is 6.46. The molecule has 2 atom stereocenters. The topological polar surface area (TPSA) is 112 Å². The molecule has 0 spiro atoms. The Bertz CT molecular complexity index is 710. The van der Waals surface area contributed by atoms with E-state index in [1.165, 1.54) is 6.20 Å². The molecule has 0 saturated carbocycles. The van der Waals surface area contributed by atoms with Crippen LogP contribution in [0.2, 0.25) is 0 Å². The van der Waals surface area contributed by atoms with Crippen molar-refractivity contribution < 1.29 is 14.7 Å². The van der Waals surface area contributed by atoms with Gasteiger partial charge in [-0.05, 0) is 12.1 Å². The number of H-pyrrole nitrogens is 1. The molecule has 1 aromatic heterocycles. The lowest BCUT2D eigenvalue weighted by molar-refractivity contribution is 0.0624. The van der Waals surface area contributed by atoms with Crippen molar-refractivity contribution in [2.45, 2.75) is 11.5 Å². The van der Waals surface area contributed by atoms with E-state index in [0.29, 0.717) is 16.8 Å². The molecule has 2 aromatic rings. The molecule has 1 aliphatic heterocycles. The first-order chi connectivity index (χ1) is 10.5. The van der Waals surface area contributed by atoms with E-state index in [-0.39, 0.29) is 12.5 Å². The molecule has 0 radical (unpaired) electrons. The smallest absolute Gasteiger partial charge is 0.261 e. The fraction of sp³-hybridized carbons (Fsp3) is 0.214. The number of rotatable bonds is 4. The number of nitrogens with one attached hydrogen (secondary N) is 1. The van der Waals surface area contributed by atoms with Crippen LogP contribution < -0.4 is 5.73 Å². The summed E-state index contributed by atoms with van der Waals surface area (Å²) in [5, 5.41) is 9.26. The summed E-state index contributed by atoms with van der Waals surface area (Å²) in [4.78, 5) is 31.9. The molecule has 8 heteroatoms. The molecule has 0 saturated heterocycles. The number of imidazole rings is 1. The van der Waals surface area contributed by atoms with E-state index in [9.17, 15) is 14.7 Å².